The molecule has 0 radical (unpaired) electrons. The highest BCUT2D eigenvalue weighted by Crippen LogP contribution is 2.27. The van der Waals surface area contributed by atoms with Crippen molar-refractivity contribution in [3.8, 4) is 0 Å². The second-order valence-corrected chi connectivity index (χ2v) is 10.7. The number of hydrogen-bond donors (Lipinski definition) is 2. The first-order chi connectivity index (χ1) is 15.7. The fourth-order valence-electron chi connectivity index (χ4n) is 3.22. The average molecular weight is 489 g/mol. The van der Waals surface area contributed by atoms with Crippen LogP contribution in [0.4, 0.5) is 11.6 Å². The van der Waals surface area contributed by atoms with E-state index in [-0.39, 0.29) is 16.8 Å². The summed E-state index contributed by atoms with van der Waals surface area (Å²) in [5, 5.41) is 11.6. The summed E-state index contributed by atoms with van der Waals surface area (Å²) >= 11 is 1.50. The standard InChI is InChI=1S/C22H28N6O3S2/c1-4-19(20(29)24-17-10-12-18(13-11-17)33(30,31)27(2)3)28-21(23)25-26-22(28)32-15-14-16-8-6-5-7-9-16/h5-13,19H,4,14-15H2,1-3H3,(H2,23,25)(H,24,29). The van der Waals surface area contributed by atoms with Crippen LogP contribution in [-0.2, 0) is 21.2 Å². The van der Waals surface area contributed by atoms with Gasteiger partial charge in [-0.3, -0.25) is 9.36 Å². The lowest BCUT2D eigenvalue weighted by atomic mass is 10.2. The number of aryl methyl sites for hydroxylation is 1. The van der Waals surface area contributed by atoms with Gasteiger partial charge in [0.2, 0.25) is 21.9 Å². The first-order valence-corrected chi connectivity index (χ1v) is 12.9. The van der Waals surface area contributed by atoms with Crippen molar-refractivity contribution in [2.75, 3.05) is 30.9 Å². The molecule has 0 saturated carbocycles. The van der Waals surface area contributed by atoms with Crippen molar-refractivity contribution >= 4 is 39.3 Å². The molecule has 176 valence electrons. The zero-order valence-corrected chi connectivity index (χ0v) is 20.4. The predicted octanol–water partition coefficient (Wildman–Crippen LogP) is 3.04. The molecule has 0 bridgehead atoms. The van der Waals surface area contributed by atoms with Gasteiger partial charge < -0.3 is 11.1 Å². The molecular formula is C22H28N6O3S2. The second-order valence-electron chi connectivity index (χ2n) is 7.52. The van der Waals surface area contributed by atoms with Crippen LogP contribution in [0.1, 0.15) is 24.9 Å². The maximum Gasteiger partial charge on any atom is 0.247 e. The molecule has 0 saturated heterocycles. The van der Waals surface area contributed by atoms with Crippen LogP contribution in [0, 0.1) is 0 Å². The highest BCUT2D eigenvalue weighted by atomic mass is 32.2. The Morgan fingerprint density at radius 1 is 1.12 bits per heavy atom. The summed E-state index contributed by atoms with van der Waals surface area (Å²) in [6.07, 6.45) is 1.33. The minimum atomic E-state index is -3.54. The van der Waals surface area contributed by atoms with Crippen LogP contribution >= 0.6 is 11.8 Å². The molecule has 3 N–H and O–H groups in total. The van der Waals surface area contributed by atoms with Gasteiger partial charge in [0.1, 0.15) is 6.04 Å². The van der Waals surface area contributed by atoms with Crippen LogP contribution in [0.3, 0.4) is 0 Å². The van der Waals surface area contributed by atoms with Crippen LogP contribution < -0.4 is 11.1 Å². The predicted molar refractivity (Wildman–Crippen MR) is 131 cm³/mol. The third-order valence-corrected chi connectivity index (χ3v) is 7.83. The van der Waals surface area contributed by atoms with Crippen LogP contribution in [0.15, 0.2) is 64.6 Å². The van der Waals surface area contributed by atoms with Crippen molar-refractivity contribution in [3.63, 3.8) is 0 Å². The van der Waals surface area contributed by atoms with Gasteiger partial charge in [-0.25, -0.2) is 12.7 Å². The smallest absolute Gasteiger partial charge is 0.247 e. The van der Waals surface area contributed by atoms with E-state index in [1.807, 2.05) is 25.1 Å². The summed E-state index contributed by atoms with van der Waals surface area (Å²) in [5.74, 6) is 0.658. The van der Waals surface area contributed by atoms with E-state index in [0.717, 1.165) is 16.5 Å². The monoisotopic (exact) mass is 488 g/mol. The third-order valence-electron chi connectivity index (χ3n) is 5.06. The number of hydrogen-bond acceptors (Lipinski definition) is 7. The minimum absolute atomic E-state index is 0.151. The number of nitrogens with two attached hydrogens (primary N) is 1. The minimum Gasteiger partial charge on any atom is -0.368 e. The first-order valence-electron chi connectivity index (χ1n) is 10.4. The summed E-state index contributed by atoms with van der Waals surface area (Å²) in [4.78, 5) is 13.2. The molecule has 3 rings (SSSR count). The van der Waals surface area contributed by atoms with Crippen LogP contribution in [0.2, 0.25) is 0 Å². The number of rotatable bonds is 10. The van der Waals surface area contributed by atoms with Gasteiger partial charge in [0.25, 0.3) is 0 Å². The number of aromatic nitrogens is 3. The van der Waals surface area contributed by atoms with Crippen molar-refractivity contribution in [1.29, 1.82) is 0 Å². The Balaban J connectivity index is 1.71. The second kappa shape index (κ2) is 10.8. The number of nitrogens with zero attached hydrogens (tertiary/aromatic N) is 4. The van der Waals surface area contributed by atoms with E-state index in [9.17, 15) is 13.2 Å². The molecule has 1 atom stereocenters. The Morgan fingerprint density at radius 2 is 1.79 bits per heavy atom. The molecule has 0 aliphatic carbocycles. The van der Waals surface area contributed by atoms with Gasteiger partial charge in [-0.1, -0.05) is 49.0 Å². The fraction of sp³-hybridized carbons (Fsp3) is 0.318. The van der Waals surface area contributed by atoms with E-state index >= 15 is 0 Å². The molecule has 1 unspecified atom stereocenters. The van der Waals surface area contributed by atoms with E-state index in [1.165, 1.54) is 43.6 Å². The highest BCUT2D eigenvalue weighted by molar-refractivity contribution is 7.99. The molecule has 9 nitrogen and oxygen atoms in total. The summed E-state index contributed by atoms with van der Waals surface area (Å²) < 4.78 is 27.3. The fourth-order valence-corrected chi connectivity index (χ4v) is 5.10. The van der Waals surface area contributed by atoms with E-state index < -0.39 is 16.1 Å². The molecule has 0 spiro atoms. The summed E-state index contributed by atoms with van der Waals surface area (Å²) in [5.41, 5.74) is 7.76. The molecule has 0 aliphatic heterocycles. The summed E-state index contributed by atoms with van der Waals surface area (Å²) in [7, 11) is -0.602. The van der Waals surface area contributed by atoms with Crippen LogP contribution in [-0.4, -0.2) is 53.2 Å². The van der Waals surface area contributed by atoms with Gasteiger partial charge in [-0.15, -0.1) is 10.2 Å². The van der Waals surface area contributed by atoms with Gasteiger partial charge in [-0.05, 0) is 42.7 Å². The Bertz CT molecular complexity index is 1180. The zero-order valence-electron chi connectivity index (χ0n) is 18.8. The summed E-state index contributed by atoms with van der Waals surface area (Å²) in [6.45, 7) is 1.88. The zero-order chi connectivity index (χ0) is 24.0. The molecule has 1 heterocycles. The van der Waals surface area contributed by atoms with E-state index in [0.29, 0.717) is 17.3 Å². The van der Waals surface area contributed by atoms with Gasteiger partial charge in [0, 0.05) is 25.5 Å². The number of thioether (sulfide) groups is 1. The number of nitrogens with one attached hydrogen (secondary N) is 1. The molecular weight excluding hydrogens is 460 g/mol. The molecule has 3 aromatic rings. The van der Waals surface area contributed by atoms with Gasteiger partial charge >= 0.3 is 0 Å². The number of carbonyl (C=O) groups is 1. The molecule has 33 heavy (non-hydrogen) atoms. The number of nitrogen functional groups attached to an aromatic ring is 1. The first kappa shape index (κ1) is 24.7. The van der Waals surface area contributed by atoms with Gasteiger partial charge in [-0.2, -0.15) is 0 Å². The molecule has 1 amide bonds. The SMILES string of the molecule is CCC(C(=O)Nc1ccc(S(=O)(=O)N(C)C)cc1)n1c(N)nnc1SCCc1ccccc1. The number of amides is 1. The quantitative estimate of drug-likeness (QED) is 0.421. The number of sulfonamides is 1. The number of benzene rings is 2. The van der Waals surface area contributed by atoms with Crippen molar-refractivity contribution < 1.29 is 13.2 Å². The topological polar surface area (TPSA) is 123 Å². The summed E-state index contributed by atoms with van der Waals surface area (Å²) in [6, 6.07) is 15.6. The number of anilines is 2. The highest BCUT2D eigenvalue weighted by Gasteiger charge is 2.25. The largest absolute Gasteiger partial charge is 0.368 e. The average Bonchev–Trinajstić information content (AvgIpc) is 3.15. The lowest BCUT2D eigenvalue weighted by Crippen LogP contribution is -2.27. The Labute approximate surface area is 198 Å². The van der Waals surface area contributed by atoms with Gasteiger partial charge in [0.05, 0.1) is 4.90 Å². The van der Waals surface area contributed by atoms with E-state index in [4.69, 9.17) is 5.73 Å². The third kappa shape index (κ3) is 5.92. The lowest BCUT2D eigenvalue weighted by Gasteiger charge is -2.19. The Hall–Kier alpha value is -2.89. The molecule has 1 aromatic heterocycles. The normalized spacial score (nSPS) is 12.6. The van der Waals surface area contributed by atoms with Crippen LogP contribution in [0.25, 0.3) is 0 Å². The maximum absolute atomic E-state index is 13.1. The van der Waals surface area contributed by atoms with Crippen LogP contribution in [0.5, 0.6) is 0 Å². The maximum atomic E-state index is 13.1. The van der Waals surface area contributed by atoms with Crippen molar-refractivity contribution in [1.82, 2.24) is 19.1 Å². The van der Waals surface area contributed by atoms with Gasteiger partial charge in [0.15, 0.2) is 5.16 Å². The molecule has 0 fully saturated rings. The Kier molecular flexibility index (Phi) is 8.11. The Morgan fingerprint density at radius 3 is 2.39 bits per heavy atom. The molecule has 0 aliphatic rings. The van der Waals surface area contributed by atoms with Crippen molar-refractivity contribution in [2.24, 2.45) is 0 Å². The lowest BCUT2D eigenvalue weighted by molar-refractivity contribution is -0.119. The molecule has 2 aromatic carbocycles. The van der Waals surface area contributed by atoms with Crippen molar-refractivity contribution in [2.45, 2.75) is 35.9 Å². The number of carbonyl (C=O) groups excluding carboxylic acids is 1. The van der Waals surface area contributed by atoms with Crippen molar-refractivity contribution in [3.05, 3.63) is 60.2 Å². The molecule has 11 heteroatoms. The van der Waals surface area contributed by atoms with E-state index in [1.54, 1.807) is 16.7 Å². The van der Waals surface area contributed by atoms with E-state index in [2.05, 4.69) is 27.6 Å².